The first kappa shape index (κ1) is 21.9. The lowest BCUT2D eigenvalue weighted by Crippen LogP contribution is -2.11. The summed E-state index contributed by atoms with van der Waals surface area (Å²) in [5.74, 6) is 0.463. The Hall–Kier alpha value is -4.29. The first-order valence-corrected chi connectivity index (χ1v) is 10.1. The van der Waals surface area contributed by atoms with Crippen molar-refractivity contribution in [3.8, 4) is 11.5 Å². The number of hydrogen-bond acceptors (Lipinski definition) is 9. The summed E-state index contributed by atoms with van der Waals surface area (Å²) in [6.07, 6.45) is 9.75. The molecule has 0 saturated carbocycles. The number of nitrogens with one attached hydrogen (secondary N) is 1. The van der Waals surface area contributed by atoms with Gasteiger partial charge in [0.2, 0.25) is 0 Å². The van der Waals surface area contributed by atoms with Gasteiger partial charge in [-0.15, -0.1) is 5.10 Å². The number of pyridine rings is 1. The van der Waals surface area contributed by atoms with E-state index in [1.807, 2.05) is 0 Å². The van der Waals surface area contributed by atoms with E-state index in [4.69, 9.17) is 5.73 Å². The van der Waals surface area contributed by atoms with Crippen LogP contribution in [0.1, 0.15) is 19.0 Å². The smallest absolute Gasteiger partial charge is 0.257 e. The Balaban J connectivity index is 1.75. The van der Waals surface area contributed by atoms with Crippen molar-refractivity contribution in [2.75, 3.05) is 11.9 Å². The van der Waals surface area contributed by atoms with Crippen LogP contribution in [0.15, 0.2) is 54.1 Å². The summed E-state index contributed by atoms with van der Waals surface area (Å²) in [7, 11) is 0. The number of aliphatic imine (C=N–C) groups is 1. The number of alkyl halides is 2. The Morgan fingerprint density at radius 1 is 1.27 bits per heavy atom. The molecule has 0 saturated heterocycles. The summed E-state index contributed by atoms with van der Waals surface area (Å²) >= 11 is 0. The van der Waals surface area contributed by atoms with Crippen molar-refractivity contribution in [2.45, 2.75) is 26.2 Å². The largest absolute Gasteiger partial charge is 0.403 e. The van der Waals surface area contributed by atoms with Crippen molar-refractivity contribution in [3.05, 3.63) is 54.8 Å². The molecule has 0 bridgehead atoms. The van der Waals surface area contributed by atoms with E-state index in [2.05, 4.69) is 47.6 Å². The third-order valence-corrected chi connectivity index (χ3v) is 4.54. The molecule has 0 aliphatic rings. The molecule has 0 fully saturated rings. The second kappa shape index (κ2) is 9.89. The molecule has 4 heterocycles. The number of aromatic nitrogens is 8. The molecular formula is C20H21F2N11. The van der Waals surface area contributed by atoms with E-state index in [-0.39, 0.29) is 0 Å². The van der Waals surface area contributed by atoms with Crippen molar-refractivity contribution < 1.29 is 8.78 Å². The summed E-state index contributed by atoms with van der Waals surface area (Å²) < 4.78 is 28.1. The van der Waals surface area contributed by atoms with Crippen LogP contribution in [0.2, 0.25) is 0 Å². The van der Waals surface area contributed by atoms with E-state index in [0.717, 1.165) is 23.9 Å². The third kappa shape index (κ3) is 4.97. The number of hydrogen-bond donors (Lipinski definition) is 2. The van der Waals surface area contributed by atoms with Crippen LogP contribution >= 0.6 is 0 Å². The Morgan fingerprint density at radius 3 is 2.94 bits per heavy atom. The third-order valence-electron chi connectivity index (χ3n) is 4.54. The molecule has 3 N–H and O–H groups in total. The highest BCUT2D eigenvalue weighted by molar-refractivity contribution is 5.85. The highest BCUT2D eigenvalue weighted by Crippen LogP contribution is 2.24. The second-order valence-corrected chi connectivity index (χ2v) is 6.95. The quantitative estimate of drug-likeness (QED) is 0.368. The predicted octanol–water partition coefficient (Wildman–Crippen LogP) is 2.29. The van der Waals surface area contributed by atoms with Crippen molar-refractivity contribution >= 4 is 22.9 Å². The van der Waals surface area contributed by atoms with Crippen LogP contribution < -0.4 is 11.1 Å². The Labute approximate surface area is 187 Å². The standard InChI is InChI=1S/C20H21F2N11/c1-2-3-14-11-32(31-30-14)17-9-26-19(33-20-13(7-28-33)6-25-12-27-20)4-16(17)29-15(5-23)8-24-10-18(21)22/h4-9,11-12,18H,2-3,10,23H2,1H3,(H,26,29). The minimum atomic E-state index is -2.55. The number of nitrogens with two attached hydrogens (primary N) is 1. The highest BCUT2D eigenvalue weighted by atomic mass is 19.3. The van der Waals surface area contributed by atoms with E-state index in [1.165, 1.54) is 18.7 Å². The van der Waals surface area contributed by atoms with Gasteiger partial charge < -0.3 is 11.1 Å². The van der Waals surface area contributed by atoms with E-state index in [1.54, 1.807) is 40.2 Å². The zero-order valence-electron chi connectivity index (χ0n) is 17.7. The van der Waals surface area contributed by atoms with Gasteiger partial charge in [0.05, 0.1) is 47.6 Å². The van der Waals surface area contributed by atoms with E-state index in [9.17, 15) is 8.78 Å². The van der Waals surface area contributed by atoms with Crippen LogP contribution in [0.25, 0.3) is 22.5 Å². The van der Waals surface area contributed by atoms with Crippen LogP contribution in [0, 0.1) is 0 Å². The van der Waals surface area contributed by atoms with E-state index < -0.39 is 13.0 Å². The van der Waals surface area contributed by atoms with E-state index in [0.29, 0.717) is 28.5 Å². The lowest BCUT2D eigenvalue weighted by Gasteiger charge is -2.13. The SMILES string of the molecule is CCCc1cn(-c2cnc(-n3ncc4cncnc43)cc2NC(C=NCC(F)F)=CN)nn1. The number of halogens is 2. The maximum Gasteiger partial charge on any atom is 0.257 e. The van der Waals surface area contributed by atoms with Gasteiger partial charge in [0, 0.05) is 24.7 Å². The maximum atomic E-state index is 12.5. The molecule has 0 radical (unpaired) electrons. The fourth-order valence-corrected chi connectivity index (χ4v) is 3.07. The molecule has 4 aromatic heterocycles. The summed E-state index contributed by atoms with van der Waals surface area (Å²) in [6.45, 7) is 1.42. The average Bonchev–Trinajstić information content (AvgIpc) is 3.45. The lowest BCUT2D eigenvalue weighted by molar-refractivity contribution is 0.159. The molecule has 11 nitrogen and oxygen atoms in total. The Bertz CT molecular complexity index is 1290. The first-order chi connectivity index (χ1) is 16.1. The summed E-state index contributed by atoms with van der Waals surface area (Å²) in [5.41, 5.74) is 8.52. The second-order valence-electron chi connectivity index (χ2n) is 6.95. The van der Waals surface area contributed by atoms with Gasteiger partial charge in [-0.3, -0.25) is 4.99 Å². The molecule has 0 unspecified atom stereocenters. The molecule has 0 amide bonds. The molecule has 0 aliphatic carbocycles. The van der Waals surface area contributed by atoms with Crippen LogP contribution in [-0.2, 0) is 6.42 Å². The van der Waals surface area contributed by atoms with Crippen LogP contribution in [-0.4, -0.2) is 58.9 Å². The van der Waals surface area contributed by atoms with Gasteiger partial charge in [-0.05, 0) is 6.42 Å². The zero-order chi connectivity index (χ0) is 23.2. The molecule has 0 aromatic carbocycles. The number of aryl methyl sites for hydroxylation is 1. The van der Waals surface area contributed by atoms with Crippen molar-refractivity contribution in [1.29, 1.82) is 0 Å². The molecule has 0 spiro atoms. The minimum absolute atomic E-state index is 0.315. The molecule has 13 heteroatoms. The highest BCUT2D eigenvalue weighted by Gasteiger charge is 2.14. The molecule has 4 rings (SSSR count). The van der Waals surface area contributed by atoms with Crippen molar-refractivity contribution in [3.63, 3.8) is 0 Å². The molecular weight excluding hydrogens is 432 g/mol. The number of rotatable bonds is 9. The maximum absolute atomic E-state index is 12.5. The van der Waals surface area contributed by atoms with Crippen LogP contribution in [0.5, 0.6) is 0 Å². The van der Waals surface area contributed by atoms with Gasteiger partial charge in [-0.1, -0.05) is 18.6 Å². The Kier molecular flexibility index (Phi) is 6.57. The number of nitrogens with zero attached hydrogens (tertiary/aromatic N) is 9. The molecule has 0 aliphatic heterocycles. The topological polar surface area (TPSA) is 138 Å². The molecule has 33 heavy (non-hydrogen) atoms. The van der Waals surface area contributed by atoms with Crippen molar-refractivity contribution in [1.82, 2.24) is 39.7 Å². The number of anilines is 1. The fourth-order valence-electron chi connectivity index (χ4n) is 3.07. The number of fused-ring (bicyclic) bond motifs is 1. The molecule has 4 aromatic rings. The van der Waals surface area contributed by atoms with Gasteiger partial charge >= 0.3 is 0 Å². The molecule has 170 valence electrons. The van der Waals surface area contributed by atoms with Crippen molar-refractivity contribution in [2.24, 2.45) is 10.7 Å². The fraction of sp³-hybridized carbons (Fsp3) is 0.250. The lowest BCUT2D eigenvalue weighted by atomic mass is 10.2. The van der Waals surface area contributed by atoms with Gasteiger partial charge in [0.1, 0.15) is 12.0 Å². The summed E-state index contributed by atoms with van der Waals surface area (Å²) in [4.78, 5) is 16.5. The Morgan fingerprint density at radius 2 is 2.15 bits per heavy atom. The summed E-state index contributed by atoms with van der Waals surface area (Å²) in [6, 6.07) is 1.72. The van der Waals surface area contributed by atoms with E-state index >= 15 is 0 Å². The monoisotopic (exact) mass is 453 g/mol. The van der Waals surface area contributed by atoms with Gasteiger partial charge in [-0.25, -0.2) is 28.4 Å². The first-order valence-electron chi connectivity index (χ1n) is 10.1. The predicted molar refractivity (Wildman–Crippen MR) is 119 cm³/mol. The van der Waals surface area contributed by atoms with Gasteiger partial charge in [0.25, 0.3) is 6.43 Å². The normalized spacial score (nSPS) is 12.3. The summed E-state index contributed by atoms with van der Waals surface area (Å²) in [5, 5.41) is 16.6. The number of allylic oxidation sites excluding steroid dienone is 1. The minimum Gasteiger partial charge on any atom is -0.403 e. The molecule has 0 atom stereocenters. The van der Waals surface area contributed by atoms with Crippen LogP contribution in [0.3, 0.4) is 0 Å². The van der Waals surface area contributed by atoms with Crippen LogP contribution in [0.4, 0.5) is 14.5 Å². The van der Waals surface area contributed by atoms with Gasteiger partial charge in [0.15, 0.2) is 11.5 Å². The van der Waals surface area contributed by atoms with Gasteiger partial charge in [-0.2, -0.15) is 9.78 Å². The average molecular weight is 453 g/mol. The zero-order valence-corrected chi connectivity index (χ0v) is 17.7.